The van der Waals surface area contributed by atoms with Gasteiger partial charge in [0.05, 0.1) is 0 Å². The highest BCUT2D eigenvalue weighted by Gasteiger charge is 2.49. The van der Waals surface area contributed by atoms with Crippen LogP contribution in [0.5, 0.6) is 0 Å². The second-order valence-electron chi connectivity index (χ2n) is 8.12. The fourth-order valence-electron chi connectivity index (χ4n) is 4.95. The zero-order valence-electron chi connectivity index (χ0n) is 16.4. The summed E-state index contributed by atoms with van der Waals surface area (Å²) in [5.74, 6) is 0.434. The van der Waals surface area contributed by atoms with Crippen molar-refractivity contribution in [2.75, 3.05) is 7.05 Å². The first kappa shape index (κ1) is 21.6. The summed E-state index contributed by atoms with van der Waals surface area (Å²) >= 11 is 18.9. The third-order valence-corrected chi connectivity index (χ3v) is 7.27. The van der Waals surface area contributed by atoms with Gasteiger partial charge in [0.1, 0.15) is 6.29 Å². The minimum absolute atomic E-state index is 0.113. The van der Waals surface area contributed by atoms with Crippen molar-refractivity contribution in [2.24, 2.45) is 11.3 Å². The molecular formula is C23H26Cl3NO. The summed E-state index contributed by atoms with van der Waals surface area (Å²) in [6.45, 7) is 4.24. The van der Waals surface area contributed by atoms with Gasteiger partial charge in [0.15, 0.2) is 0 Å². The molecule has 0 spiro atoms. The molecule has 0 radical (unpaired) electrons. The molecule has 2 aromatic rings. The zero-order valence-corrected chi connectivity index (χ0v) is 18.7. The fraction of sp³-hybridized carbons (Fsp3) is 0.435. The van der Waals surface area contributed by atoms with Gasteiger partial charge in [-0.25, -0.2) is 0 Å². The minimum atomic E-state index is -0.415. The van der Waals surface area contributed by atoms with E-state index in [0.29, 0.717) is 15.1 Å². The van der Waals surface area contributed by atoms with Crippen molar-refractivity contribution < 1.29 is 4.79 Å². The third-order valence-electron chi connectivity index (χ3n) is 6.46. The van der Waals surface area contributed by atoms with Gasteiger partial charge in [-0.3, -0.25) is 0 Å². The van der Waals surface area contributed by atoms with Crippen LogP contribution in [0.3, 0.4) is 0 Å². The Morgan fingerprint density at radius 1 is 1.11 bits per heavy atom. The lowest BCUT2D eigenvalue weighted by molar-refractivity contribution is -0.121. The van der Waals surface area contributed by atoms with E-state index in [1.165, 1.54) is 5.56 Å². The van der Waals surface area contributed by atoms with Crippen molar-refractivity contribution in [3.05, 3.63) is 68.7 Å². The van der Waals surface area contributed by atoms with Gasteiger partial charge < -0.3 is 10.1 Å². The molecule has 2 nitrogen and oxygen atoms in total. The monoisotopic (exact) mass is 437 g/mol. The van der Waals surface area contributed by atoms with E-state index >= 15 is 0 Å². The van der Waals surface area contributed by atoms with Crippen LogP contribution in [0.15, 0.2) is 42.5 Å². The molecule has 5 unspecified atom stereocenters. The molecule has 1 aliphatic carbocycles. The molecule has 1 aliphatic rings. The predicted molar refractivity (Wildman–Crippen MR) is 119 cm³/mol. The molecule has 28 heavy (non-hydrogen) atoms. The summed E-state index contributed by atoms with van der Waals surface area (Å²) in [6.07, 6.45) is 2.85. The van der Waals surface area contributed by atoms with E-state index in [9.17, 15) is 4.79 Å². The van der Waals surface area contributed by atoms with Crippen LogP contribution in [0, 0.1) is 11.3 Å². The Kier molecular flexibility index (Phi) is 6.76. The SMILES string of the molecule is CNC(C)C1C(c2ccc(Cl)cc2)C(c2ccc(Cl)cc2Cl)CCC1(C)C=O. The predicted octanol–water partition coefficient (Wildman–Crippen LogP) is 6.74. The molecule has 0 saturated heterocycles. The lowest BCUT2D eigenvalue weighted by Gasteiger charge is -2.50. The largest absolute Gasteiger partial charge is 0.317 e. The first-order valence-corrected chi connectivity index (χ1v) is 10.8. The molecule has 0 aromatic heterocycles. The molecule has 0 heterocycles. The summed E-state index contributed by atoms with van der Waals surface area (Å²) in [5, 5.41) is 5.41. The van der Waals surface area contributed by atoms with Crippen LogP contribution in [-0.4, -0.2) is 19.4 Å². The first-order valence-electron chi connectivity index (χ1n) is 9.64. The molecule has 0 bridgehead atoms. The third kappa shape index (κ3) is 4.11. The number of nitrogens with one attached hydrogen (secondary N) is 1. The number of rotatable bonds is 5. The van der Waals surface area contributed by atoms with E-state index in [4.69, 9.17) is 34.8 Å². The van der Waals surface area contributed by atoms with E-state index in [0.717, 1.165) is 24.7 Å². The van der Waals surface area contributed by atoms with Crippen molar-refractivity contribution >= 4 is 41.1 Å². The van der Waals surface area contributed by atoms with Crippen LogP contribution in [0.2, 0.25) is 15.1 Å². The Morgan fingerprint density at radius 2 is 1.75 bits per heavy atom. The Balaban J connectivity index is 2.17. The Hall–Kier alpha value is -1.06. The maximum Gasteiger partial charge on any atom is 0.126 e. The van der Waals surface area contributed by atoms with E-state index < -0.39 is 5.41 Å². The Morgan fingerprint density at radius 3 is 2.32 bits per heavy atom. The summed E-state index contributed by atoms with van der Waals surface area (Å²) in [4.78, 5) is 12.2. The number of carbonyl (C=O) groups excluding carboxylic acids is 1. The number of hydrogen-bond acceptors (Lipinski definition) is 2. The van der Waals surface area contributed by atoms with Gasteiger partial charge in [0, 0.05) is 26.5 Å². The van der Waals surface area contributed by atoms with Crippen LogP contribution >= 0.6 is 34.8 Å². The van der Waals surface area contributed by atoms with Gasteiger partial charge in [-0.15, -0.1) is 0 Å². The van der Waals surface area contributed by atoms with Gasteiger partial charge in [0.25, 0.3) is 0 Å². The second kappa shape index (κ2) is 8.75. The van der Waals surface area contributed by atoms with E-state index in [1.54, 1.807) is 6.07 Å². The van der Waals surface area contributed by atoms with Crippen LogP contribution < -0.4 is 5.32 Å². The maximum atomic E-state index is 12.2. The molecule has 2 aromatic carbocycles. The molecule has 0 aliphatic heterocycles. The molecule has 1 N–H and O–H groups in total. The van der Waals surface area contributed by atoms with Crippen LogP contribution in [0.25, 0.3) is 0 Å². The smallest absolute Gasteiger partial charge is 0.126 e. The number of halogens is 3. The van der Waals surface area contributed by atoms with E-state index in [-0.39, 0.29) is 23.8 Å². The Labute approximate surface area is 182 Å². The van der Waals surface area contributed by atoms with Gasteiger partial charge in [-0.2, -0.15) is 0 Å². The molecule has 1 fully saturated rings. The maximum absolute atomic E-state index is 12.2. The average Bonchev–Trinajstić information content (AvgIpc) is 2.68. The fourth-order valence-corrected chi connectivity index (χ4v) is 5.62. The lowest BCUT2D eigenvalue weighted by Crippen LogP contribution is -2.49. The quantitative estimate of drug-likeness (QED) is 0.524. The lowest BCUT2D eigenvalue weighted by atomic mass is 9.54. The van der Waals surface area contributed by atoms with Crippen molar-refractivity contribution in [1.29, 1.82) is 0 Å². The standard InChI is InChI=1S/C23H26Cl3NO/c1-14(27-3)22-21(15-4-6-16(24)7-5-15)19(10-11-23(22,2)13-28)18-9-8-17(25)12-20(18)26/h4-9,12-14,19,21-22,27H,10-11H2,1-3H3. The average molecular weight is 439 g/mol. The molecule has 0 amide bonds. The number of aldehydes is 1. The van der Waals surface area contributed by atoms with Crippen molar-refractivity contribution in [1.82, 2.24) is 5.32 Å². The van der Waals surface area contributed by atoms with Crippen molar-refractivity contribution in [2.45, 2.75) is 44.6 Å². The molecule has 5 heteroatoms. The highest BCUT2D eigenvalue weighted by Crippen LogP contribution is 2.56. The van der Waals surface area contributed by atoms with Gasteiger partial charge in [0.2, 0.25) is 0 Å². The summed E-state index contributed by atoms with van der Waals surface area (Å²) in [7, 11) is 1.95. The normalized spacial score (nSPS) is 28.7. The van der Waals surface area contributed by atoms with E-state index in [1.807, 2.05) is 31.3 Å². The molecule has 150 valence electrons. The summed E-state index contributed by atoms with van der Waals surface area (Å²) < 4.78 is 0. The molecular weight excluding hydrogens is 413 g/mol. The second-order valence-corrected chi connectivity index (χ2v) is 9.40. The highest BCUT2D eigenvalue weighted by atomic mass is 35.5. The molecule has 1 saturated carbocycles. The first-order chi connectivity index (χ1) is 13.3. The Bertz CT molecular complexity index is 838. The minimum Gasteiger partial charge on any atom is -0.317 e. The van der Waals surface area contributed by atoms with Gasteiger partial charge in [-0.1, -0.05) is 59.9 Å². The highest BCUT2D eigenvalue weighted by molar-refractivity contribution is 6.35. The van der Waals surface area contributed by atoms with Crippen LogP contribution in [0.4, 0.5) is 0 Å². The summed E-state index contributed by atoms with van der Waals surface area (Å²) in [6, 6.07) is 13.9. The van der Waals surface area contributed by atoms with Crippen molar-refractivity contribution in [3.63, 3.8) is 0 Å². The van der Waals surface area contributed by atoms with Gasteiger partial charge >= 0.3 is 0 Å². The van der Waals surface area contributed by atoms with Gasteiger partial charge in [-0.05, 0) is 80.0 Å². The number of hydrogen-bond donors (Lipinski definition) is 1. The number of carbonyl (C=O) groups is 1. The zero-order chi connectivity index (χ0) is 20.5. The summed E-state index contributed by atoms with van der Waals surface area (Å²) in [5.41, 5.74) is 1.86. The number of benzene rings is 2. The molecule has 5 atom stereocenters. The van der Waals surface area contributed by atoms with Crippen LogP contribution in [-0.2, 0) is 4.79 Å². The topological polar surface area (TPSA) is 29.1 Å². The van der Waals surface area contributed by atoms with E-state index in [2.05, 4.69) is 31.3 Å². The molecule has 3 rings (SSSR count). The van der Waals surface area contributed by atoms with Crippen LogP contribution in [0.1, 0.15) is 49.7 Å². The van der Waals surface area contributed by atoms with Crippen molar-refractivity contribution in [3.8, 4) is 0 Å².